The fourth-order valence-corrected chi connectivity index (χ4v) is 4.33. The number of amides is 2. The number of allylic oxidation sites excluding steroid dienone is 2. The lowest BCUT2D eigenvalue weighted by Crippen LogP contribution is -2.27. The first kappa shape index (κ1) is 30.2. The highest BCUT2D eigenvalue weighted by Gasteiger charge is 2.13. The van der Waals surface area contributed by atoms with Crippen molar-refractivity contribution >= 4 is 35.5 Å². The Balaban J connectivity index is 0.000000371. The Bertz CT molecular complexity index is 1320. The van der Waals surface area contributed by atoms with Crippen LogP contribution < -0.4 is 30.7 Å². The molecule has 210 valence electrons. The zero-order valence-corrected chi connectivity index (χ0v) is 24.1. The molecule has 0 heterocycles. The predicted octanol–water partition coefficient (Wildman–Crippen LogP) is 5.57. The minimum Gasteiger partial charge on any atom is -0.493 e. The summed E-state index contributed by atoms with van der Waals surface area (Å²) in [6.45, 7) is 0.349. The number of anilines is 2. The van der Waals surface area contributed by atoms with Gasteiger partial charge in [0.1, 0.15) is 0 Å². The Labute approximate surface area is 240 Å². The molecule has 1 aliphatic carbocycles. The average molecular weight is 561 g/mol. The Morgan fingerprint density at radius 2 is 1.65 bits per heavy atom. The number of hydrogen-bond acceptors (Lipinski definition) is 7. The Kier molecular flexibility index (Phi) is 11.5. The van der Waals surface area contributed by atoms with Crippen molar-refractivity contribution in [2.24, 2.45) is 5.73 Å². The number of methoxy groups -OCH3 is 2. The van der Waals surface area contributed by atoms with E-state index in [2.05, 4.69) is 41.2 Å². The molecule has 3 aromatic carbocycles. The maximum atomic E-state index is 12.5. The van der Waals surface area contributed by atoms with E-state index < -0.39 is 0 Å². The van der Waals surface area contributed by atoms with E-state index in [9.17, 15) is 9.59 Å². The van der Waals surface area contributed by atoms with Gasteiger partial charge in [-0.1, -0.05) is 24.3 Å². The van der Waals surface area contributed by atoms with Gasteiger partial charge in [0, 0.05) is 34.9 Å². The number of hydrogen-bond donors (Lipinski definition) is 3. The first-order valence-electron chi connectivity index (χ1n) is 12.7. The zero-order chi connectivity index (χ0) is 28.9. The number of rotatable bonds is 10. The van der Waals surface area contributed by atoms with Gasteiger partial charge in [0.15, 0.2) is 11.5 Å². The maximum absolute atomic E-state index is 12.5. The van der Waals surface area contributed by atoms with Crippen LogP contribution in [0.25, 0.3) is 0 Å². The minimum atomic E-state index is -0.224. The van der Waals surface area contributed by atoms with Crippen LogP contribution in [0.3, 0.4) is 0 Å². The van der Waals surface area contributed by atoms with E-state index in [0.717, 1.165) is 30.5 Å². The summed E-state index contributed by atoms with van der Waals surface area (Å²) in [5.41, 5.74) is 10.4. The second-order valence-electron chi connectivity index (χ2n) is 8.76. The van der Waals surface area contributed by atoms with Gasteiger partial charge in [-0.25, -0.2) is 0 Å². The van der Waals surface area contributed by atoms with E-state index in [1.54, 1.807) is 61.2 Å². The number of carbonyl (C=O) groups is 2. The van der Waals surface area contributed by atoms with Crippen LogP contribution >= 0.6 is 11.8 Å². The summed E-state index contributed by atoms with van der Waals surface area (Å²) < 4.78 is 10.5. The third-order valence-corrected chi connectivity index (χ3v) is 6.96. The summed E-state index contributed by atoms with van der Waals surface area (Å²) in [5.74, 6) is 0.906. The fourth-order valence-electron chi connectivity index (χ4n) is 3.92. The summed E-state index contributed by atoms with van der Waals surface area (Å²) in [5, 5.41) is 5.91. The van der Waals surface area contributed by atoms with Crippen molar-refractivity contribution in [3.8, 4) is 11.5 Å². The van der Waals surface area contributed by atoms with Crippen LogP contribution in [0, 0.1) is 0 Å². The molecule has 9 heteroatoms. The highest BCUT2D eigenvalue weighted by atomic mass is 32.2. The second kappa shape index (κ2) is 15.3. The Hall–Kier alpha value is -4.37. The summed E-state index contributed by atoms with van der Waals surface area (Å²) in [7, 11) is 5.03. The van der Waals surface area contributed by atoms with Crippen molar-refractivity contribution in [2.75, 3.05) is 37.7 Å². The third kappa shape index (κ3) is 8.31. The summed E-state index contributed by atoms with van der Waals surface area (Å²) in [6.07, 6.45) is 8.40. The molecule has 40 heavy (non-hydrogen) atoms. The van der Waals surface area contributed by atoms with Crippen molar-refractivity contribution in [3.63, 3.8) is 0 Å². The number of nitrogens with one attached hydrogen (secondary N) is 2. The Morgan fingerprint density at radius 1 is 0.975 bits per heavy atom. The monoisotopic (exact) mass is 560 g/mol. The van der Waals surface area contributed by atoms with Crippen LogP contribution in [0.15, 0.2) is 95.2 Å². The van der Waals surface area contributed by atoms with E-state index >= 15 is 0 Å². The number of benzene rings is 3. The summed E-state index contributed by atoms with van der Waals surface area (Å²) in [4.78, 5) is 27.0. The molecule has 0 bridgehead atoms. The molecule has 2 amide bonds. The van der Waals surface area contributed by atoms with Crippen LogP contribution in [-0.2, 0) is 11.3 Å². The van der Waals surface area contributed by atoms with E-state index in [-0.39, 0.29) is 5.91 Å². The molecule has 0 saturated heterocycles. The van der Waals surface area contributed by atoms with Gasteiger partial charge >= 0.3 is 0 Å². The van der Waals surface area contributed by atoms with E-state index in [1.807, 2.05) is 31.3 Å². The largest absolute Gasteiger partial charge is 0.493 e. The molecule has 3 aromatic rings. The number of ether oxygens (including phenoxy) is 2. The van der Waals surface area contributed by atoms with E-state index in [4.69, 9.17) is 15.2 Å². The minimum absolute atomic E-state index is 0.224. The molecule has 0 fully saturated rings. The molecule has 1 aliphatic rings. The van der Waals surface area contributed by atoms with Crippen molar-refractivity contribution in [1.82, 2.24) is 5.32 Å². The summed E-state index contributed by atoms with van der Waals surface area (Å²) >= 11 is 1.76. The normalized spacial score (nSPS) is 12.1. The molecular weight excluding hydrogens is 524 g/mol. The third-order valence-electron chi connectivity index (χ3n) is 6.21. The average Bonchev–Trinajstić information content (AvgIpc) is 3.01. The standard InChI is InChI=1S/C23H25N3O4.C8H11NS/c1-29-21-12-11-18(13-22(21)30-2)26(15-27)14-16-7-9-17(10-8-16)23(28)25-20-6-4-3-5-19(20)24;1-9-7-3-5-8(10-2)6-4-7/h5-13,15H,3-4,14,24H2,1-2H3,(H,25,28);3-6,9H,1-2H3. The molecule has 8 nitrogen and oxygen atoms in total. The second-order valence-corrected chi connectivity index (χ2v) is 9.64. The van der Waals surface area contributed by atoms with Crippen molar-refractivity contribution in [3.05, 3.63) is 101 Å². The van der Waals surface area contributed by atoms with Gasteiger partial charge in [-0.15, -0.1) is 11.8 Å². The van der Waals surface area contributed by atoms with Gasteiger partial charge in [-0.2, -0.15) is 0 Å². The molecule has 0 aliphatic heterocycles. The molecule has 4 rings (SSSR count). The topological polar surface area (TPSA) is 106 Å². The van der Waals surface area contributed by atoms with Crippen LogP contribution in [0.1, 0.15) is 28.8 Å². The molecule has 0 radical (unpaired) electrons. The van der Waals surface area contributed by atoms with Crippen LogP contribution in [0.4, 0.5) is 11.4 Å². The molecule has 0 unspecified atom stereocenters. The van der Waals surface area contributed by atoms with Crippen molar-refractivity contribution < 1.29 is 19.1 Å². The number of thioether (sulfide) groups is 1. The van der Waals surface area contributed by atoms with Gasteiger partial charge in [-0.3, -0.25) is 9.59 Å². The fraction of sp³-hybridized carbons (Fsp3) is 0.226. The van der Waals surface area contributed by atoms with E-state index in [0.29, 0.717) is 40.7 Å². The highest BCUT2D eigenvalue weighted by molar-refractivity contribution is 7.98. The van der Waals surface area contributed by atoms with Crippen LogP contribution in [-0.4, -0.2) is 39.8 Å². The SMILES string of the molecule is CNc1ccc(SC)cc1.COc1ccc(N(C=O)Cc2ccc(C(=O)NC3=CCCC=C3N)cc2)cc1OC. The van der Waals surface area contributed by atoms with Gasteiger partial charge in [0.25, 0.3) is 5.91 Å². The van der Waals surface area contributed by atoms with Gasteiger partial charge in [-0.05, 0) is 73.2 Å². The lowest BCUT2D eigenvalue weighted by Gasteiger charge is -2.19. The van der Waals surface area contributed by atoms with Gasteiger partial charge < -0.3 is 30.7 Å². The lowest BCUT2D eigenvalue weighted by atomic mass is 10.1. The van der Waals surface area contributed by atoms with E-state index in [1.165, 1.54) is 4.90 Å². The predicted molar refractivity (Wildman–Crippen MR) is 163 cm³/mol. The Morgan fingerprint density at radius 3 is 2.23 bits per heavy atom. The molecule has 0 atom stereocenters. The van der Waals surface area contributed by atoms with Crippen LogP contribution in [0.2, 0.25) is 0 Å². The van der Waals surface area contributed by atoms with Crippen molar-refractivity contribution in [2.45, 2.75) is 24.3 Å². The maximum Gasteiger partial charge on any atom is 0.255 e. The zero-order valence-electron chi connectivity index (χ0n) is 23.3. The highest BCUT2D eigenvalue weighted by Crippen LogP contribution is 2.31. The molecule has 0 saturated carbocycles. The molecule has 4 N–H and O–H groups in total. The number of nitrogens with zero attached hydrogens (tertiary/aromatic N) is 1. The smallest absolute Gasteiger partial charge is 0.255 e. The van der Waals surface area contributed by atoms with Crippen LogP contribution in [0.5, 0.6) is 11.5 Å². The molecule has 0 aromatic heterocycles. The number of carbonyl (C=O) groups excluding carboxylic acids is 2. The first-order valence-corrected chi connectivity index (χ1v) is 14.0. The molecule has 0 spiro atoms. The molecular formula is C31H36N4O4S. The number of nitrogens with two attached hydrogens (primary N) is 1. The lowest BCUT2D eigenvalue weighted by molar-refractivity contribution is -0.107. The summed E-state index contributed by atoms with van der Waals surface area (Å²) in [6, 6.07) is 20.7. The van der Waals surface area contributed by atoms with Gasteiger partial charge in [0.05, 0.1) is 32.2 Å². The first-order chi connectivity index (χ1) is 19.4. The van der Waals surface area contributed by atoms with Gasteiger partial charge in [0.2, 0.25) is 6.41 Å². The quantitative estimate of drug-likeness (QED) is 0.220. The van der Waals surface area contributed by atoms with Crippen molar-refractivity contribution in [1.29, 1.82) is 0 Å².